The predicted molar refractivity (Wildman–Crippen MR) is 83.6 cm³/mol. The zero-order valence-corrected chi connectivity index (χ0v) is 13.7. The number of rotatable bonds is 5. The number of nitrogens with zero attached hydrogens (tertiary/aromatic N) is 1. The molecule has 0 aliphatic carbocycles. The summed E-state index contributed by atoms with van der Waals surface area (Å²) < 4.78 is 26.6. The molecule has 1 aromatic rings. The molecule has 2 N–H and O–H groups in total. The standard InChI is InChI=1S/C15H20N2O5S/c1-11-3-2-8-17(10-11)23(21,22)13-6-4-12(5-7-13)15(20)16-9-14(18)19/h4-7,11H,2-3,8-10H2,1H3,(H,16,20)(H,18,19). The molecule has 7 nitrogen and oxygen atoms in total. The number of hydrogen-bond acceptors (Lipinski definition) is 4. The summed E-state index contributed by atoms with van der Waals surface area (Å²) in [6, 6.07) is 5.53. The van der Waals surface area contributed by atoms with Crippen LogP contribution in [0.15, 0.2) is 29.2 Å². The van der Waals surface area contributed by atoms with Crippen LogP contribution in [-0.4, -0.2) is 49.3 Å². The number of nitrogens with one attached hydrogen (secondary N) is 1. The minimum absolute atomic E-state index is 0.140. The molecule has 2 rings (SSSR count). The number of aliphatic carboxylic acids is 1. The lowest BCUT2D eigenvalue weighted by atomic mass is 10.0. The van der Waals surface area contributed by atoms with Crippen molar-refractivity contribution in [2.75, 3.05) is 19.6 Å². The Morgan fingerprint density at radius 2 is 1.96 bits per heavy atom. The Labute approximate surface area is 135 Å². The van der Waals surface area contributed by atoms with Gasteiger partial charge in [0.1, 0.15) is 6.54 Å². The van der Waals surface area contributed by atoms with Crippen molar-refractivity contribution in [2.24, 2.45) is 5.92 Å². The molecule has 1 atom stereocenters. The SMILES string of the molecule is CC1CCCN(S(=O)(=O)c2ccc(C(=O)NCC(=O)O)cc2)C1. The van der Waals surface area contributed by atoms with Gasteiger partial charge < -0.3 is 10.4 Å². The largest absolute Gasteiger partial charge is 0.480 e. The highest BCUT2D eigenvalue weighted by Crippen LogP contribution is 2.23. The van der Waals surface area contributed by atoms with Crippen LogP contribution in [0, 0.1) is 5.92 Å². The van der Waals surface area contributed by atoms with Crippen LogP contribution >= 0.6 is 0 Å². The van der Waals surface area contributed by atoms with Crippen molar-refractivity contribution in [2.45, 2.75) is 24.7 Å². The number of carboxylic acid groups (broad SMARTS) is 1. The van der Waals surface area contributed by atoms with Crippen LogP contribution < -0.4 is 5.32 Å². The summed E-state index contributed by atoms with van der Waals surface area (Å²) in [7, 11) is -3.56. The summed E-state index contributed by atoms with van der Waals surface area (Å²) in [6.07, 6.45) is 1.87. The summed E-state index contributed by atoms with van der Waals surface area (Å²) in [5, 5.41) is 10.8. The van der Waals surface area contributed by atoms with E-state index in [0.717, 1.165) is 12.8 Å². The third kappa shape index (κ3) is 4.29. The molecule has 1 amide bonds. The minimum atomic E-state index is -3.56. The zero-order valence-electron chi connectivity index (χ0n) is 12.9. The van der Waals surface area contributed by atoms with Crippen LogP contribution in [0.3, 0.4) is 0 Å². The predicted octanol–water partition coefficient (Wildman–Crippen LogP) is 0.922. The van der Waals surface area contributed by atoms with E-state index in [0.29, 0.717) is 19.0 Å². The van der Waals surface area contributed by atoms with Gasteiger partial charge in [0.2, 0.25) is 10.0 Å². The van der Waals surface area contributed by atoms with Gasteiger partial charge >= 0.3 is 5.97 Å². The van der Waals surface area contributed by atoms with Gasteiger partial charge in [0.05, 0.1) is 4.90 Å². The van der Waals surface area contributed by atoms with Crippen LogP contribution in [-0.2, 0) is 14.8 Å². The second-order valence-electron chi connectivity index (χ2n) is 5.71. The van der Waals surface area contributed by atoms with Crippen LogP contribution in [0.2, 0.25) is 0 Å². The number of sulfonamides is 1. The minimum Gasteiger partial charge on any atom is -0.480 e. The summed E-state index contributed by atoms with van der Waals surface area (Å²) in [4.78, 5) is 22.3. The highest BCUT2D eigenvalue weighted by Gasteiger charge is 2.28. The van der Waals surface area contributed by atoms with Crippen molar-refractivity contribution < 1.29 is 23.1 Å². The van der Waals surface area contributed by atoms with Crippen molar-refractivity contribution in [3.63, 3.8) is 0 Å². The van der Waals surface area contributed by atoms with Crippen molar-refractivity contribution >= 4 is 21.9 Å². The first-order valence-electron chi connectivity index (χ1n) is 7.41. The van der Waals surface area contributed by atoms with Gasteiger partial charge in [-0.05, 0) is 43.0 Å². The van der Waals surface area contributed by atoms with Crippen molar-refractivity contribution in [1.29, 1.82) is 0 Å². The highest BCUT2D eigenvalue weighted by molar-refractivity contribution is 7.89. The number of amides is 1. The molecule has 0 radical (unpaired) electrons. The van der Waals surface area contributed by atoms with Gasteiger partial charge in [-0.15, -0.1) is 0 Å². The molecule has 23 heavy (non-hydrogen) atoms. The number of benzene rings is 1. The second-order valence-corrected chi connectivity index (χ2v) is 7.65. The average Bonchev–Trinajstić information content (AvgIpc) is 2.52. The number of carboxylic acids is 1. The molecule has 0 bridgehead atoms. The Morgan fingerprint density at radius 3 is 2.52 bits per heavy atom. The molecule has 1 aromatic carbocycles. The van der Waals surface area contributed by atoms with Crippen LogP contribution in [0.4, 0.5) is 0 Å². The molecule has 0 aromatic heterocycles. The van der Waals surface area contributed by atoms with Crippen LogP contribution in [0.5, 0.6) is 0 Å². The molecule has 1 unspecified atom stereocenters. The monoisotopic (exact) mass is 340 g/mol. The molecule has 1 fully saturated rings. The number of piperidine rings is 1. The lowest BCUT2D eigenvalue weighted by Crippen LogP contribution is -2.39. The maximum atomic E-state index is 12.6. The molecule has 0 saturated carbocycles. The molecular formula is C15H20N2O5S. The van der Waals surface area contributed by atoms with E-state index in [1.807, 2.05) is 6.92 Å². The highest BCUT2D eigenvalue weighted by atomic mass is 32.2. The molecule has 1 heterocycles. The van der Waals surface area contributed by atoms with Crippen LogP contribution in [0.25, 0.3) is 0 Å². The van der Waals surface area contributed by atoms with Crippen molar-refractivity contribution in [1.82, 2.24) is 9.62 Å². The van der Waals surface area contributed by atoms with E-state index in [2.05, 4.69) is 5.32 Å². The molecule has 8 heteroatoms. The molecule has 1 aliphatic rings. The Hall–Kier alpha value is -1.93. The van der Waals surface area contributed by atoms with Gasteiger partial charge in [-0.3, -0.25) is 9.59 Å². The Balaban J connectivity index is 2.12. The van der Waals surface area contributed by atoms with E-state index < -0.39 is 28.4 Å². The summed E-state index contributed by atoms with van der Waals surface area (Å²) in [5.74, 6) is -1.36. The maximum Gasteiger partial charge on any atom is 0.322 e. The molecule has 1 saturated heterocycles. The second kappa shape index (κ2) is 7.10. The fourth-order valence-electron chi connectivity index (χ4n) is 2.55. The van der Waals surface area contributed by atoms with Crippen molar-refractivity contribution in [3.05, 3.63) is 29.8 Å². The summed E-state index contributed by atoms with van der Waals surface area (Å²) in [6.45, 7) is 2.55. The molecule has 126 valence electrons. The molecular weight excluding hydrogens is 320 g/mol. The van der Waals surface area contributed by atoms with Gasteiger partial charge in [0.15, 0.2) is 0 Å². The summed E-state index contributed by atoms with van der Waals surface area (Å²) in [5.41, 5.74) is 0.220. The Kier molecular flexibility index (Phi) is 5.38. The lowest BCUT2D eigenvalue weighted by Gasteiger charge is -2.30. The number of carbonyl (C=O) groups is 2. The first-order chi connectivity index (χ1) is 10.8. The van der Waals surface area contributed by atoms with E-state index in [-0.39, 0.29) is 10.5 Å². The van der Waals surface area contributed by atoms with E-state index in [1.165, 1.54) is 28.6 Å². The van der Waals surface area contributed by atoms with E-state index in [9.17, 15) is 18.0 Å². The number of carbonyl (C=O) groups excluding carboxylic acids is 1. The van der Waals surface area contributed by atoms with Gasteiger partial charge in [-0.1, -0.05) is 6.92 Å². The molecule has 0 spiro atoms. The third-order valence-electron chi connectivity index (χ3n) is 3.77. The zero-order chi connectivity index (χ0) is 17.0. The topological polar surface area (TPSA) is 104 Å². The molecule has 1 aliphatic heterocycles. The van der Waals surface area contributed by atoms with E-state index in [1.54, 1.807) is 0 Å². The Morgan fingerprint density at radius 1 is 1.30 bits per heavy atom. The quantitative estimate of drug-likeness (QED) is 0.829. The van der Waals surface area contributed by atoms with Gasteiger partial charge in [0.25, 0.3) is 5.91 Å². The maximum absolute atomic E-state index is 12.6. The Bertz CT molecular complexity index is 684. The first-order valence-corrected chi connectivity index (χ1v) is 8.85. The smallest absolute Gasteiger partial charge is 0.322 e. The van der Waals surface area contributed by atoms with Gasteiger partial charge in [-0.25, -0.2) is 8.42 Å². The van der Waals surface area contributed by atoms with E-state index >= 15 is 0 Å². The fraction of sp³-hybridized carbons (Fsp3) is 0.467. The van der Waals surface area contributed by atoms with Gasteiger partial charge in [0, 0.05) is 18.7 Å². The first kappa shape index (κ1) is 17.4. The number of hydrogen-bond donors (Lipinski definition) is 2. The normalized spacial score (nSPS) is 19.3. The van der Waals surface area contributed by atoms with Crippen LogP contribution in [0.1, 0.15) is 30.1 Å². The van der Waals surface area contributed by atoms with Gasteiger partial charge in [-0.2, -0.15) is 4.31 Å². The summed E-state index contributed by atoms with van der Waals surface area (Å²) >= 11 is 0. The van der Waals surface area contributed by atoms with E-state index in [4.69, 9.17) is 5.11 Å². The van der Waals surface area contributed by atoms with Crippen molar-refractivity contribution in [3.8, 4) is 0 Å². The lowest BCUT2D eigenvalue weighted by molar-refractivity contribution is -0.135. The average molecular weight is 340 g/mol. The third-order valence-corrected chi connectivity index (χ3v) is 5.65. The fourth-order valence-corrected chi connectivity index (χ4v) is 4.15.